The van der Waals surface area contributed by atoms with Crippen LogP contribution in [-0.2, 0) is 0 Å². The summed E-state index contributed by atoms with van der Waals surface area (Å²) < 4.78 is 0. The van der Waals surface area contributed by atoms with Crippen LogP contribution in [0.3, 0.4) is 0 Å². The summed E-state index contributed by atoms with van der Waals surface area (Å²) in [6.07, 6.45) is 0.391. The summed E-state index contributed by atoms with van der Waals surface area (Å²) in [7, 11) is 1.99. The number of rotatable bonds is 3. The van der Waals surface area contributed by atoms with Crippen LogP contribution in [0.2, 0.25) is 0 Å². The fraction of sp³-hybridized carbons (Fsp3) is 1.00. The minimum atomic E-state index is 0.277. The molecule has 2 heteroatoms. The van der Waals surface area contributed by atoms with Crippen molar-refractivity contribution in [2.45, 2.75) is 46.8 Å². The maximum atomic E-state index is 3.46. The highest BCUT2D eigenvalue weighted by molar-refractivity contribution is 4.78. The Kier molecular flexibility index (Phi) is 4.04. The number of hydrogen-bond donors (Lipinski definition) is 2. The molecule has 0 saturated carbocycles. The molecular weight excluding hydrogens is 136 g/mol. The third-order valence-electron chi connectivity index (χ3n) is 1.65. The summed E-state index contributed by atoms with van der Waals surface area (Å²) in [5.74, 6) is 0. The Hall–Kier alpha value is -0.0800. The lowest BCUT2D eigenvalue weighted by atomic mass is 9.92. The normalized spacial score (nSPS) is 15.5. The molecule has 0 aliphatic rings. The topological polar surface area (TPSA) is 24.1 Å². The van der Waals surface area contributed by atoms with E-state index in [2.05, 4.69) is 45.3 Å². The quantitative estimate of drug-likeness (QED) is 0.609. The third kappa shape index (κ3) is 4.38. The van der Waals surface area contributed by atoms with Crippen LogP contribution in [0, 0.1) is 5.41 Å². The highest BCUT2D eigenvalue weighted by atomic mass is 15.1. The van der Waals surface area contributed by atoms with Crippen LogP contribution in [0.25, 0.3) is 0 Å². The average molecular weight is 158 g/mol. The summed E-state index contributed by atoms with van der Waals surface area (Å²) in [6.45, 7) is 11.0. The molecule has 11 heavy (non-hydrogen) atoms. The standard InChI is InChI=1S/C9H22N2/c1-7(2)11-8(10-6)9(3,4)5/h7-8,10-11H,1-6H3. The van der Waals surface area contributed by atoms with Crippen LogP contribution in [0.5, 0.6) is 0 Å². The van der Waals surface area contributed by atoms with Crippen molar-refractivity contribution in [2.24, 2.45) is 5.41 Å². The van der Waals surface area contributed by atoms with Gasteiger partial charge in [0, 0.05) is 6.04 Å². The largest absolute Gasteiger partial charge is 0.305 e. The maximum absolute atomic E-state index is 3.46. The Morgan fingerprint density at radius 1 is 1.09 bits per heavy atom. The second-order valence-corrected chi connectivity index (χ2v) is 4.41. The van der Waals surface area contributed by atoms with Crippen LogP contribution < -0.4 is 10.6 Å². The van der Waals surface area contributed by atoms with E-state index in [9.17, 15) is 0 Å². The number of hydrogen-bond acceptors (Lipinski definition) is 2. The molecular formula is C9H22N2. The molecule has 1 atom stereocenters. The highest BCUT2D eigenvalue weighted by Crippen LogP contribution is 2.16. The number of nitrogens with one attached hydrogen (secondary N) is 2. The van der Waals surface area contributed by atoms with Gasteiger partial charge >= 0.3 is 0 Å². The van der Waals surface area contributed by atoms with E-state index in [4.69, 9.17) is 0 Å². The molecule has 0 bridgehead atoms. The van der Waals surface area contributed by atoms with Gasteiger partial charge in [0.05, 0.1) is 6.17 Å². The molecule has 0 heterocycles. The zero-order valence-corrected chi connectivity index (χ0v) is 8.65. The van der Waals surface area contributed by atoms with Crippen molar-refractivity contribution in [3.05, 3.63) is 0 Å². The Morgan fingerprint density at radius 2 is 1.55 bits per heavy atom. The van der Waals surface area contributed by atoms with E-state index in [1.54, 1.807) is 0 Å². The van der Waals surface area contributed by atoms with Gasteiger partial charge in [0.1, 0.15) is 0 Å². The summed E-state index contributed by atoms with van der Waals surface area (Å²) in [4.78, 5) is 0. The molecule has 0 aromatic rings. The monoisotopic (exact) mass is 158 g/mol. The lowest BCUT2D eigenvalue weighted by Gasteiger charge is -2.32. The van der Waals surface area contributed by atoms with E-state index in [0.29, 0.717) is 12.2 Å². The van der Waals surface area contributed by atoms with Gasteiger partial charge in [0.15, 0.2) is 0 Å². The maximum Gasteiger partial charge on any atom is 0.0621 e. The lowest BCUT2D eigenvalue weighted by molar-refractivity contribution is 0.224. The molecule has 0 spiro atoms. The Balaban J connectivity index is 3.96. The van der Waals surface area contributed by atoms with Gasteiger partial charge in [0.25, 0.3) is 0 Å². The fourth-order valence-electron chi connectivity index (χ4n) is 1.10. The SMILES string of the molecule is CNC(NC(C)C)C(C)(C)C. The highest BCUT2D eigenvalue weighted by Gasteiger charge is 2.22. The van der Waals surface area contributed by atoms with Crippen LogP contribution in [0.4, 0.5) is 0 Å². The fourth-order valence-corrected chi connectivity index (χ4v) is 1.10. The predicted octanol–water partition coefficient (Wildman–Crippen LogP) is 1.58. The summed E-state index contributed by atoms with van der Waals surface area (Å²) >= 11 is 0. The minimum Gasteiger partial charge on any atom is -0.305 e. The van der Waals surface area contributed by atoms with Crippen molar-refractivity contribution in [1.29, 1.82) is 0 Å². The van der Waals surface area contributed by atoms with Gasteiger partial charge < -0.3 is 5.32 Å². The van der Waals surface area contributed by atoms with Crippen LogP contribution >= 0.6 is 0 Å². The molecule has 0 aromatic carbocycles. The van der Waals surface area contributed by atoms with Crippen molar-refractivity contribution in [1.82, 2.24) is 10.6 Å². The van der Waals surface area contributed by atoms with Gasteiger partial charge in [-0.2, -0.15) is 0 Å². The second-order valence-electron chi connectivity index (χ2n) is 4.41. The van der Waals surface area contributed by atoms with Gasteiger partial charge in [-0.15, -0.1) is 0 Å². The smallest absolute Gasteiger partial charge is 0.0621 e. The zero-order chi connectivity index (χ0) is 9.07. The first-order valence-corrected chi connectivity index (χ1v) is 4.31. The second kappa shape index (κ2) is 4.07. The molecule has 0 fully saturated rings. The molecule has 0 radical (unpaired) electrons. The first-order valence-electron chi connectivity index (χ1n) is 4.31. The van der Waals surface area contributed by atoms with Crippen molar-refractivity contribution in [3.63, 3.8) is 0 Å². The van der Waals surface area contributed by atoms with Gasteiger partial charge in [-0.3, -0.25) is 5.32 Å². The first kappa shape index (κ1) is 10.9. The van der Waals surface area contributed by atoms with Gasteiger partial charge in [-0.05, 0) is 26.3 Å². The van der Waals surface area contributed by atoms with E-state index in [-0.39, 0.29) is 5.41 Å². The molecule has 0 aromatic heterocycles. The summed E-state index contributed by atoms with van der Waals surface area (Å²) in [5.41, 5.74) is 0.277. The van der Waals surface area contributed by atoms with Crippen molar-refractivity contribution in [3.8, 4) is 0 Å². The average Bonchev–Trinajstić information content (AvgIpc) is 1.79. The molecule has 0 aliphatic carbocycles. The molecule has 0 rings (SSSR count). The van der Waals surface area contributed by atoms with E-state index >= 15 is 0 Å². The van der Waals surface area contributed by atoms with Crippen LogP contribution in [0.15, 0.2) is 0 Å². The minimum absolute atomic E-state index is 0.277. The molecule has 0 saturated heterocycles. The van der Waals surface area contributed by atoms with E-state index in [1.807, 2.05) is 7.05 Å². The molecule has 2 N–H and O–H groups in total. The molecule has 68 valence electrons. The van der Waals surface area contributed by atoms with Crippen molar-refractivity contribution >= 4 is 0 Å². The Bertz CT molecular complexity index is 103. The van der Waals surface area contributed by atoms with E-state index < -0.39 is 0 Å². The zero-order valence-electron chi connectivity index (χ0n) is 8.65. The Morgan fingerprint density at radius 3 is 1.64 bits per heavy atom. The third-order valence-corrected chi connectivity index (χ3v) is 1.65. The molecule has 0 aliphatic heterocycles. The van der Waals surface area contributed by atoms with Crippen molar-refractivity contribution in [2.75, 3.05) is 7.05 Å². The first-order chi connectivity index (χ1) is 4.88. The van der Waals surface area contributed by atoms with Gasteiger partial charge in [-0.1, -0.05) is 20.8 Å². The molecule has 1 unspecified atom stereocenters. The summed E-state index contributed by atoms with van der Waals surface area (Å²) in [5, 5.41) is 6.72. The molecule has 0 amide bonds. The Labute approximate surface area is 70.8 Å². The molecule has 2 nitrogen and oxygen atoms in total. The van der Waals surface area contributed by atoms with Crippen LogP contribution in [-0.4, -0.2) is 19.3 Å². The van der Waals surface area contributed by atoms with E-state index in [0.717, 1.165) is 0 Å². The van der Waals surface area contributed by atoms with E-state index in [1.165, 1.54) is 0 Å². The van der Waals surface area contributed by atoms with Crippen LogP contribution in [0.1, 0.15) is 34.6 Å². The lowest BCUT2D eigenvalue weighted by Crippen LogP contribution is -2.51. The van der Waals surface area contributed by atoms with Gasteiger partial charge in [-0.25, -0.2) is 0 Å². The predicted molar refractivity (Wildman–Crippen MR) is 50.6 cm³/mol. The summed E-state index contributed by atoms with van der Waals surface area (Å²) in [6, 6.07) is 0.534. The van der Waals surface area contributed by atoms with Gasteiger partial charge in [0.2, 0.25) is 0 Å². The van der Waals surface area contributed by atoms with Crippen molar-refractivity contribution < 1.29 is 0 Å².